The Hall–Kier alpha value is -0.580. The number of nitrogens with one attached hydrogen (secondary N) is 1. The lowest BCUT2D eigenvalue weighted by Gasteiger charge is -2.37. The lowest BCUT2D eigenvalue weighted by Crippen LogP contribution is -2.45. The first-order chi connectivity index (χ1) is 9.61. The van der Waals surface area contributed by atoms with E-state index in [9.17, 15) is 0 Å². The number of nitrogens with zero attached hydrogens (tertiary/aromatic N) is 1. The summed E-state index contributed by atoms with van der Waals surface area (Å²) in [4.78, 5) is 2.47. The van der Waals surface area contributed by atoms with E-state index in [0.717, 1.165) is 32.7 Å². The number of hydrogen-bond donors (Lipinski definition) is 1. The van der Waals surface area contributed by atoms with E-state index in [2.05, 4.69) is 65.1 Å². The van der Waals surface area contributed by atoms with Crippen molar-refractivity contribution >= 4 is 21.6 Å². The second-order valence-electron chi connectivity index (χ2n) is 5.65. The standard InChI is InChI=1S/C16H25BrN2O/c1-4-14-11-20-8-7-19(14)16-6-5-13(9-15(16)17)10-18-12(2)3/h5-6,9,12,14,18H,4,7-8,10-11H2,1-3H3. The number of halogens is 1. The van der Waals surface area contributed by atoms with E-state index in [-0.39, 0.29) is 0 Å². The molecule has 1 heterocycles. The van der Waals surface area contributed by atoms with Crippen LogP contribution in [0.1, 0.15) is 32.8 Å². The van der Waals surface area contributed by atoms with E-state index in [1.54, 1.807) is 0 Å². The highest BCUT2D eigenvalue weighted by Crippen LogP contribution is 2.30. The Morgan fingerprint density at radius 1 is 1.45 bits per heavy atom. The predicted molar refractivity (Wildman–Crippen MR) is 88.4 cm³/mol. The molecule has 0 amide bonds. The van der Waals surface area contributed by atoms with Crippen molar-refractivity contribution in [3.8, 4) is 0 Å². The molecule has 0 radical (unpaired) electrons. The smallest absolute Gasteiger partial charge is 0.0670 e. The zero-order chi connectivity index (χ0) is 14.5. The van der Waals surface area contributed by atoms with Crippen LogP contribution >= 0.6 is 15.9 Å². The van der Waals surface area contributed by atoms with Crippen molar-refractivity contribution in [3.05, 3.63) is 28.2 Å². The summed E-state index contributed by atoms with van der Waals surface area (Å²) in [5.74, 6) is 0. The monoisotopic (exact) mass is 340 g/mol. The summed E-state index contributed by atoms with van der Waals surface area (Å²) in [6, 6.07) is 7.68. The largest absolute Gasteiger partial charge is 0.377 e. The van der Waals surface area contributed by atoms with Crippen molar-refractivity contribution < 1.29 is 4.74 Å². The summed E-state index contributed by atoms with van der Waals surface area (Å²) in [7, 11) is 0. The number of ether oxygens (including phenoxy) is 1. The van der Waals surface area contributed by atoms with E-state index < -0.39 is 0 Å². The van der Waals surface area contributed by atoms with Crippen LogP contribution in [0, 0.1) is 0 Å². The minimum absolute atomic E-state index is 0.486. The normalized spacial score (nSPS) is 19.6. The molecule has 112 valence electrons. The lowest BCUT2D eigenvalue weighted by atomic mass is 10.1. The minimum atomic E-state index is 0.486. The van der Waals surface area contributed by atoms with Crippen LogP contribution in [-0.2, 0) is 11.3 Å². The molecule has 2 rings (SSSR count). The van der Waals surface area contributed by atoms with Gasteiger partial charge in [-0.25, -0.2) is 0 Å². The van der Waals surface area contributed by atoms with Gasteiger partial charge in [0.15, 0.2) is 0 Å². The SMILES string of the molecule is CCC1COCCN1c1ccc(CNC(C)C)cc1Br. The van der Waals surface area contributed by atoms with Gasteiger partial charge in [0.05, 0.1) is 24.9 Å². The van der Waals surface area contributed by atoms with Gasteiger partial charge in [-0.05, 0) is 40.0 Å². The Kier molecular flexibility index (Phi) is 5.87. The van der Waals surface area contributed by atoms with Crippen LogP contribution in [0.25, 0.3) is 0 Å². The first-order valence-corrected chi connectivity index (χ1v) is 8.27. The summed E-state index contributed by atoms with van der Waals surface area (Å²) in [5.41, 5.74) is 2.60. The zero-order valence-electron chi connectivity index (χ0n) is 12.7. The maximum Gasteiger partial charge on any atom is 0.0670 e. The predicted octanol–water partition coefficient (Wildman–Crippen LogP) is 3.56. The van der Waals surface area contributed by atoms with E-state index in [0.29, 0.717) is 12.1 Å². The maximum atomic E-state index is 5.59. The quantitative estimate of drug-likeness (QED) is 0.886. The van der Waals surface area contributed by atoms with E-state index >= 15 is 0 Å². The molecule has 1 aliphatic heterocycles. The molecule has 1 aromatic carbocycles. The molecule has 0 saturated carbocycles. The van der Waals surface area contributed by atoms with E-state index in [4.69, 9.17) is 4.74 Å². The molecular weight excluding hydrogens is 316 g/mol. The van der Waals surface area contributed by atoms with Crippen LogP contribution in [0.2, 0.25) is 0 Å². The third-order valence-corrected chi connectivity index (χ3v) is 4.37. The van der Waals surface area contributed by atoms with Gasteiger partial charge in [-0.1, -0.05) is 26.8 Å². The molecule has 1 fully saturated rings. The zero-order valence-corrected chi connectivity index (χ0v) is 14.2. The van der Waals surface area contributed by atoms with Gasteiger partial charge in [0.1, 0.15) is 0 Å². The third kappa shape index (κ3) is 3.96. The van der Waals surface area contributed by atoms with Crippen LogP contribution in [0.3, 0.4) is 0 Å². The van der Waals surface area contributed by atoms with Crippen molar-refractivity contribution in [1.82, 2.24) is 5.32 Å². The van der Waals surface area contributed by atoms with E-state index in [1.165, 1.54) is 15.7 Å². The molecule has 0 bridgehead atoms. The highest BCUT2D eigenvalue weighted by molar-refractivity contribution is 9.10. The average Bonchev–Trinajstić information content (AvgIpc) is 2.45. The summed E-state index contributed by atoms with van der Waals surface area (Å²) >= 11 is 3.74. The molecular formula is C16H25BrN2O. The maximum absolute atomic E-state index is 5.59. The van der Waals surface area contributed by atoms with Crippen molar-refractivity contribution in [2.75, 3.05) is 24.7 Å². The summed E-state index contributed by atoms with van der Waals surface area (Å²) in [5, 5.41) is 3.45. The molecule has 0 aromatic heterocycles. The van der Waals surface area contributed by atoms with Crippen molar-refractivity contribution in [2.24, 2.45) is 0 Å². The van der Waals surface area contributed by atoms with Crippen LogP contribution in [-0.4, -0.2) is 31.8 Å². The van der Waals surface area contributed by atoms with Gasteiger partial charge in [-0.2, -0.15) is 0 Å². The first-order valence-electron chi connectivity index (χ1n) is 7.48. The Bertz CT molecular complexity index is 436. The molecule has 0 aliphatic carbocycles. The van der Waals surface area contributed by atoms with Gasteiger partial charge in [-0.15, -0.1) is 0 Å². The number of rotatable bonds is 5. The van der Waals surface area contributed by atoms with Gasteiger partial charge >= 0.3 is 0 Å². The van der Waals surface area contributed by atoms with Gasteiger partial charge in [-0.3, -0.25) is 0 Å². The molecule has 20 heavy (non-hydrogen) atoms. The summed E-state index contributed by atoms with van der Waals surface area (Å²) < 4.78 is 6.77. The van der Waals surface area contributed by atoms with E-state index in [1.807, 2.05) is 0 Å². The number of hydrogen-bond acceptors (Lipinski definition) is 3. The molecule has 1 unspecified atom stereocenters. The fraction of sp³-hybridized carbons (Fsp3) is 0.625. The average molecular weight is 341 g/mol. The summed E-state index contributed by atoms with van der Waals surface area (Å²) in [6.07, 6.45) is 1.11. The fourth-order valence-corrected chi connectivity index (χ4v) is 3.18. The van der Waals surface area contributed by atoms with Crippen LogP contribution < -0.4 is 10.2 Å². The molecule has 1 aliphatic rings. The molecule has 1 atom stereocenters. The Morgan fingerprint density at radius 3 is 2.90 bits per heavy atom. The molecule has 4 heteroatoms. The Balaban J connectivity index is 2.12. The van der Waals surface area contributed by atoms with Crippen LogP contribution in [0.4, 0.5) is 5.69 Å². The van der Waals surface area contributed by atoms with Gasteiger partial charge in [0.25, 0.3) is 0 Å². The van der Waals surface area contributed by atoms with Crippen LogP contribution in [0.5, 0.6) is 0 Å². The minimum Gasteiger partial charge on any atom is -0.377 e. The molecule has 1 saturated heterocycles. The van der Waals surface area contributed by atoms with Gasteiger partial charge in [0, 0.05) is 23.6 Å². The number of anilines is 1. The van der Waals surface area contributed by atoms with Crippen molar-refractivity contribution in [1.29, 1.82) is 0 Å². The first kappa shape index (κ1) is 15.8. The van der Waals surface area contributed by atoms with Crippen molar-refractivity contribution in [2.45, 2.75) is 45.8 Å². The van der Waals surface area contributed by atoms with Crippen LogP contribution in [0.15, 0.2) is 22.7 Å². The summed E-state index contributed by atoms with van der Waals surface area (Å²) in [6.45, 7) is 10.1. The lowest BCUT2D eigenvalue weighted by molar-refractivity contribution is 0.0929. The third-order valence-electron chi connectivity index (χ3n) is 3.73. The molecule has 1 aromatic rings. The highest BCUT2D eigenvalue weighted by Gasteiger charge is 2.23. The molecule has 1 N–H and O–H groups in total. The molecule has 3 nitrogen and oxygen atoms in total. The Morgan fingerprint density at radius 2 is 2.25 bits per heavy atom. The number of morpholine rings is 1. The second kappa shape index (κ2) is 7.43. The Labute approximate surface area is 130 Å². The van der Waals surface area contributed by atoms with Gasteiger partial charge < -0.3 is 15.0 Å². The topological polar surface area (TPSA) is 24.5 Å². The fourth-order valence-electron chi connectivity index (χ4n) is 2.53. The number of benzene rings is 1. The van der Waals surface area contributed by atoms with Gasteiger partial charge in [0.2, 0.25) is 0 Å². The molecule has 0 spiro atoms. The second-order valence-corrected chi connectivity index (χ2v) is 6.51. The highest BCUT2D eigenvalue weighted by atomic mass is 79.9. The van der Waals surface area contributed by atoms with Crippen molar-refractivity contribution in [3.63, 3.8) is 0 Å².